The molecule has 1 aliphatic rings. The number of ether oxygens (including phenoxy) is 1. The largest absolute Gasteiger partial charge is 0.444 e. The number of nitrogens with zero attached hydrogens (tertiary/aromatic N) is 1. The summed E-state index contributed by atoms with van der Waals surface area (Å²) in [6, 6.07) is 0. The fourth-order valence-corrected chi connectivity index (χ4v) is 1.77. The van der Waals surface area contributed by atoms with Gasteiger partial charge in [-0.2, -0.15) is 0 Å². The topological polar surface area (TPSA) is 55.6 Å². The molecule has 1 amide bonds. The van der Waals surface area contributed by atoms with E-state index in [1.54, 1.807) is 4.90 Å². The van der Waals surface area contributed by atoms with Crippen LogP contribution in [0.2, 0.25) is 0 Å². The highest BCUT2D eigenvalue weighted by atomic mass is 19.1. The second-order valence-corrected chi connectivity index (χ2v) is 5.23. The average molecular weight is 232 g/mol. The predicted molar refractivity (Wildman–Crippen MR) is 59.9 cm³/mol. The van der Waals surface area contributed by atoms with Crippen LogP contribution in [0, 0.1) is 5.92 Å². The smallest absolute Gasteiger partial charge is 0.410 e. The van der Waals surface area contributed by atoms with Gasteiger partial charge in [-0.25, -0.2) is 9.18 Å². The number of amides is 1. The van der Waals surface area contributed by atoms with E-state index in [0.29, 0.717) is 19.5 Å². The van der Waals surface area contributed by atoms with Crippen LogP contribution in [0.4, 0.5) is 9.18 Å². The fraction of sp³-hybridized carbons (Fsp3) is 0.909. The summed E-state index contributed by atoms with van der Waals surface area (Å²) in [6.07, 6.45) is -0.718. The molecule has 0 radical (unpaired) electrons. The molecule has 94 valence electrons. The Hall–Kier alpha value is -0.840. The number of hydrogen-bond acceptors (Lipinski definition) is 3. The van der Waals surface area contributed by atoms with E-state index in [2.05, 4.69) is 0 Å². The Bertz CT molecular complexity index is 253. The Labute approximate surface area is 95.9 Å². The lowest BCUT2D eigenvalue weighted by atomic mass is 10.0. The average Bonchev–Trinajstić information content (AvgIpc) is 2.62. The maximum absolute atomic E-state index is 13.3. The van der Waals surface area contributed by atoms with Crippen LogP contribution < -0.4 is 5.73 Å². The van der Waals surface area contributed by atoms with Crippen molar-refractivity contribution in [2.45, 2.75) is 39.0 Å². The molecule has 0 aromatic heterocycles. The van der Waals surface area contributed by atoms with Gasteiger partial charge in [0.15, 0.2) is 0 Å². The van der Waals surface area contributed by atoms with Crippen molar-refractivity contribution in [3.63, 3.8) is 0 Å². The molecule has 1 aliphatic heterocycles. The molecule has 0 aromatic rings. The van der Waals surface area contributed by atoms with E-state index in [1.165, 1.54) is 0 Å². The number of alkyl halides is 1. The van der Waals surface area contributed by atoms with Crippen molar-refractivity contribution in [1.29, 1.82) is 0 Å². The minimum absolute atomic E-state index is 0.0207. The van der Waals surface area contributed by atoms with Crippen LogP contribution in [0.1, 0.15) is 27.2 Å². The first-order chi connectivity index (χ1) is 7.33. The Kier molecular flexibility index (Phi) is 4.13. The van der Waals surface area contributed by atoms with E-state index in [1.807, 2.05) is 20.8 Å². The van der Waals surface area contributed by atoms with Gasteiger partial charge in [0.05, 0.1) is 0 Å². The Balaban J connectivity index is 2.44. The summed E-state index contributed by atoms with van der Waals surface area (Å²) < 4.78 is 18.5. The van der Waals surface area contributed by atoms with E-state index < -0.39 is 11.8 Å². The molecule has 1 rings (SSSR count). The number of carbonyl (C=O) groups excluding carboxylic acids is 1. The van der Waals surface area contributed by atoms with Crippen LogP contribution in [0.25, 0.3) is 0 Å². The van der Waals surface area contributed by atoms with Gasteiger partial charge in [-0.1, -0.05) is 0 Å². The van der Waals surface area contributed by atoms with E-state index in [9.17, 15) is 9.18 Å². The second kappa shape index (κ2) is 4.99. The number of halogens is 1. The highest BCUT2D eigenvalue weighted by Crippen LogP contribution is 2.23. The second-order valence-electron chi connectivity index (χ2n) is 5.23. The van der Waals surface area contributed by atoms with Crippen molar-refractivity contribution in [2.75, 3.05) is 19.6 Å². The molecule has 2 N–H and O–H groups in total. The third-order valence-electron chi connectivity index (χ3n) is 2.61. The Morgan fingerprint density at radius 2 is 2.25 bits per heavy atom. The third-order valence-corrected chi connectivity index (χ3v) is 2.61. The van der Waals surface area contributed by atoms with Gasteiger partial charge in [-0.15, -0.1) is 0 Å². The zero-order chi connectivity index (χ0) is 12.3. The summed E-state index contributed by atoms with van der Waals surface area (Å²) in [5.74, 6) is -0.141. The van der Waals surface area contributed by atoms with E-state index in [4.69, 9.17) is 10.5 Å². The van der Waals surface area contributed by atoms with Gasteiger partial charge >= 0.3 is 6.09 Å². The third kappa shape index (κ3) is 3.63. The van der Waals surface area contributed by atoms with Crippen LogP contribution >= 0.6 is 0 Å². The van der Waals surface area contributed by atoms with Crippen LogP contribution in [-0.4, -0.2) is 42.4 Å². The minimum Gasteiger partial charge on any atom is -0.444 e. The lowest BCUT2D eigenvalue weighted by molar-refractivity contribution is 0.0282. The molecule has 0 bridgehead atoms. The van der Waals surface area contributed by atoms with Crippen molar-refractivity contribution < 1.29 is 13.9 Å². The maximum atomic E-state index is 13.3. The van der Waals surface area contributed by atoms with Crippen LogP contribution in [0.3, 0.4) is 0 Å². The molecular formula is C11H21FN2O2. The SMILES string of the molecule is CC(C)(C)OC(=O)N1CCC(C(F)CN)C1. The van der Waals surface area contributed by atoms with E-state index >= 15 is 0 Å². The summed E-state index contributed by atoms with van der Waals surface area (Å²) in [5.41, 5.74) is 4.76. The molecule has 5 heteroatoms. The van der Waals surface area contributed by atoms with Crippen LogP contribution in [0.15, 0.2) is 0 Å². The normalized spacial score (nSPS) is 23.3. The van der Waals surface area contributed by atoms with E-state index in [0.717, 1.165) is 0 Å². The molecule has 2 atom stereocenters. The highest BCUT2D eigenvalue weighted by Gasteiger charge is 2.33. The number of nitrogens with two attached hydrogens (primary N) is 1. The summed E-state index contributed by atoms with van der Waals surface area (Å²) in [6.45, 7) is 6.43. The van der Waals surface area contributed by atoms with Gasteiger partial charge in [-0.05, 0) is 27.2 Å². The van der Waals surface area contributed by atoms with Crippen molar-refractivity contribution in [1.82, 2.24) is 4.90 Å². The van der Waals surface area contributed by atoms with Crippen molar-refractivity contribution >= 4 is 6.09 Å². The maximum Gasteiger partial charge on any atom is 0.410 e. The van der Waals surface area contributed by atoms with Gasteiger partial charge in [0.2, 0.25) is 0 Å². The molecule has 0 spiro atoms. The van der Waals surface area contributed by atoms with Gasteiger partial charge in [0.1, 0.15) is 11.8 Å². The first-order valence-corrected chi connectivity index (χ1v) is 5.65. The van der Waals surface area contributed by atoms with Gasteiger partial charge in [-0.3, -0.25) is 0 Å². The highest BCUT2D eigenvalue weighted by molar-refractivity contribution is 5.68. The molecule has 1 saturated heterocycles. The number of carbonyl (C=O) groups is 1. The molecule has 1 fully saturated rings. The summed E-state index contributed by atoms with van der Waals surface area (Å²) >= 11 is 0. The Morgan fingerprint density at radius 3 is 2.75 bits per heavy atom. The lowest BCUT2D eigenvalue weighted by Gasteiger charge is -2.24. The molecule has 0 aromatic carbocycles. The lowest BCUT2D eigenvalue weighted by Crippen LogP contribution is -2.36. The Morgan fingerprint density at radius 1 is 1.62 bits per heavy atom. The van der Waals surface area contributed by atoms with Crippen LogP contribution in [-0.2, 0) is 4.74 Å². The minimum atomic E-state index is -1.02. The van der Waals surface area contributed by atoms with Crippen molar-refractivity contribution in [2.24, 2.45) is 11.7 Å². The number of hydrogen-bond donors (Lipinski definition) is 1. The fourth-order valence-electron chi connectivity index (χ4n) is 1.77. The van der Waals surface area contributed by atoms with Gasteiger partial charge in [0, 0.05) is 25.6 Å². The van der Waals surface area contributed by atoms with Gasteiger partial charge < -0.3 is 15.4 Å². The van der Waals surface area contributed by atoms with Crippen molar-refractivity contribution in [3.8, 4) is 0 Å². The quantitative estimate of drug-likeness (QED) is 0.785. The van der Waals surface area contributed by atoms with Crippen molar-refractivity contribution in [3.05, 3.63) is 0 Å². The molecule has 4 nitrogen and oxygen atoms in total. The first kappa shape index (κ1) is 13.2. The number of rotatable bonds is 2. The predicted octanol–water partition coefficient (Wildman–Crippen LogP) is 1.54. The molecule has 2 unspecified atom stereocenters. The standard InChI is InChI=1S/C11H21FN2O2/c1-11(2,3)16-10(15)14-5-4-8(7-14)9(12)6-13/h8-9H,4-7,13H2,1-3H3. The zero-order valence-electron chi connectivity index (χ0n) is 10.2. The van der Waals surface area contributed by atoms with Crippen LogP contribution in [0.5, 0.6) is 0 Å². The zero-order valence-corrected chi connectivity index (χ0v) is 10.2. The van der Waals surface area contributed by atoms with Gasteiger partial charge in [0.25, 0.3) is 0 Å². The monoisotopic (exact) mass is 232 g/mol. The summed E-state index contributed by atoms with van der Waals surface area (Å²) in [7, 11) is 0. The molecule has 0 saturated carbocycles. The molecule has 0 aliphatic carbocycles. The molecule has 1 heterocycles. The molecule has 16 heavy (non-hydrogen) atoms. The summed E-state index contributed by atoms with van der Waals surface area (Å²) in [5, 5.41) is 0. The first-order valence-electron chi connectivity index (χ1n) is 5.65. The summed E-state index contributed by atoms with van der Waals surface area (Å²) in [4.78, 5) is 13.2. The van der Waals surface area contributed by atoms with E-state index in [-0.39, 0.29) is 18.6 Å². The molecular weight excluding hydrogens is 211 g/mol. The number of likely N-dealkylation sites (tertiary alicyclic amines) is 1.